The smallest absolute Gasteiger partial charge is 0.317 e. The number of carbonyl (C=O) groups is 2. The molecule has 25 heavy (non-hydrogen) atoms. The molecule has 1 aromatic rings. The topological polar surface area (TPSA) is 79.3 Å². The number of aryl methyl sites for hydroxylation is 1. The third-order valence-electron chi connectivity index (χ3n) is 4.87. The number of amides is 1. The van der Waals surface area contributed by atoms with Gasteiger partial charge in [-0.05, 0) is 30.7 Å². The molecular formula is C18H24N2O5. The van der Waals surface area contributed by atoms with Crippen molar-refractivity contribution in [1.82, 2.24) is 9.80 Å². The second-order valence-corrected chi connectivity index (χ2v) is 6.77. The second kappa shape index (κ2) is 7.41. The van der Waals surface area contributed by atoms with Gasteiger partial charge in [-0.1, -0.05) is 0 Å². The zero-order chi connectivity index (χ0) is 18.0. The first kappa shape index (κ1) is 17.7. The van der Waals surface area contributed by atoms with E-state index in [-0.39, 0.29) is 24.4 Å². The Balaban J connectivity index is 1.81. The summed E-state index contributed by atoms with van der Waals surface area (Å²) in [5, 5.41) is 9.14. The van der Waals surface area contributed by atoms with E-state index < -0.39 is 5.97 Å². The molecule has 7 heteroatoms. The summed E-state index contributed by atoms with van der Waals surface area (Å²) in [6.07, 6.45) is 0. The number of carbonyl (C=O) groups excluding carboxylic acids is 1. The van der Waals surface area contributed by atoms with Gasteiger partial charge in [0.1, 0.15) is 5.75 Å². The molecule has 0 unspecified atom stereocenters. The van der Waals surface area contributed by atoms with Crippen molar-refractivity contribution in [1.29, 1.82) is 0 Å². The van der Waals surface area contributed by atoms with Crippen LogP contribution < -0.4 is 4.74 Å². The summed E-state index contributed by atoms with van der Waals surface area (Å²) in [5.74, 6) is -0.0252. The fraction of sp³-hybridized carbons (Fsp3) is 0.556. The molecular weight excluding hydrogens is 324 g/mol. The van der Waals surface area contributed by atoms with E-state index in [0.717, 1.165) is 11.3 Å². The number of fused-ring (bicyclic) bond motifs is 3. The first-order valence-corrected chi connectivity index (χ1v) is 8.45. The van der Waals surface area contributed by atoms with Crippen LogP contribution in [0.3, 0.4) is 0 Å². The van der Waals surface area contributed by atoms with Crippen molar-refractivity contribution in [2.24, 2.45) is 5.92 Å². The van der Waals surface area contributed by atoms with Gasteiger partial charge in [-0.3, -0.25) is 14.5 Å². The Hall–Kier alpha value is -2.12. The SMILES string of the molecule is COc1ccc(C(=O)N2C[C@@H]3COC[C@H](C2)N(CC(=O)O)C3)c(C)c1. The van der Waals surface area contributed by atoms with Crippen molar-refractivity contribution in [2.75, 3.05) is 46.5 Å². The highest BCUT2D eigenvalue weighted by atomic mass is 16.5. The second-order valence-electron chi connectivity index (χ2n) is 6.77. The maximum Gasteiger partial charge on any atom is 0.317 e. The molecule has 3 rings (SSSR count). The lowest BCUT2D eigenvalue weighted by Gasteiger charge is -2.31. The molecule has 0 radical (unpaired) electrons. The van der Waals surface area contributed by atoms with Gasteiger partial charge < -0.3 is 19.5 Å². The number of nitrogens with zero attached hydrogens (tertiary/aromatic N) is 2. The lowest BCUT2D eigenvalue weighted by atomic mass is 10.1. The van der Waals surface area contributed by atoms with E-state index in [0.29, 0.717) is 38.4 Å². The molecule has 0 saturated carbocycles. The predicted molar refractivity (Wildman–Crippen MR) is 90.9 cm³/mol. The first-order valence-electron chi connectivity index (χ1n) is 8.45. The summed E-state index contributed by atoms with van der Waals surface area (Å²) in [4.78, 5) is 27.9. The molecule has 2 bridgehead atoms. The fourth-order valence-electron chi connectivity index (χ4n) is 3.64. The van der Waals surface area contributed by atoms with E-state index in [4.69, 9.17) is 14.6 Å². The molecule has 136 valence electrons. The quantitative estimate of drug-likeness (QED) is 0.869. The number of benzene rings is 1. The van der Waals surface area contributed by atoms with Crippen LogP contribution in [0.5, 0.6) is 5.75 Å². The summed E-state index contributed by atoms with van der Waals surface area (Å²) >= 11 is 0. The average molecular weight is 348 g/mol. The van der Waals surface area contributed by atoms with Gasteiger partial charge in [0, 0.05) is 31.1 Å². The Morgan fingerprint density at radius 3 is 2.76 bits per heavy atom. The minimum Gasteiger partial charge on any atom is -0.497 e. The van der Waals surface area contributed by atoms with Crippen LogP contribution >= 0.6 is 0 Å². The molecule has 2 fully saturated rings. The van der Waals surface area contributed by atoms with Gasteiger partial charge in [-0.15, -0.1) is 0 Å². The van der Waals surface area contributed by atoms with E-state index >= 15 is 0 Å². The molecule has 0 aromatic heterocycles. The predicted octanol–water partition coefficient (Wildman–Crippen LogP) is 0.861. The third kappa shape index (κ3) is 3.93. The number of carboxylic acid groups (broad SMARTS) is 1. The van der Waals surface area contributed by atoms with E-state index in [1.54, 1.807) is 19.2 Å². The Morgan fingerprint density at radius 1 is 1.28 bits per heavy atom. The van der Waals surface area contributed by atoms with Crippen molar-refractivity contribution in [3.8, 4) is 5.75 Å². The summed E-state index contributed by atoms with van der Waals surface area (Å²) in [6.45, 7) is 4.59. The van der Waals surface area contributed by atoms with Gasteiger partial charge in [-0.2, -0.15) is 0 Å². The maximum absolute atomic E-state index is 13.0. The van der Waals surface area contributed by atoms with Gasteiger partial charge in [0.2, 0.25) is 0 Å². The summed E-state index contributed by atoms with van der Waals surface area (Å²) < 4.78 is 10.9. The van der Waals surface area contributed by atoms with Crippen LogP contribution in [0.25, 0.3) is 0 Å². The lowest BCUT2D eigenvalue weighted by molar-refractivity contribution is -0.139. The molecule has 2 saturated heterocycles. The van der Waals surface area contributed by atoms with E-state index in [1.165, 1.54) is 0 Å². The van der Waals surface area contributed by atoms with Crippen molar-refractivity contribution in [3.05, 3.63) is 29.3 Å². The van der Waals surface area contributed by atoms with Crippen LogP contribution in [0.15, 0.2) is 18.2 Å². The Bertz CT molecular complexity index is 663. The molecule has 1 N–H and O–H groups in total. The van der Waals surface area contributed by atoms with Crippen molar-refractivity contribution >= 4 is 11.9 Å². The molecule has 2 atom stereocenters. The summed E-state index contributed by atoms with van der Waals surface area (Å²) in [6, 6.07) is 5.35. The van der Waals surface area contributed by atoms with Gasteiger partial charge in [-0.25, -0.2) is 0 Å². The standard InChI is InChI=1S/C18H24N2O5/c1-12-5-15(24-2)3-4-16(12)18(23)20-7-13-6-19(9-17(21)22)14(8-20)11-25-10-13/h3-5,13-14H,6-11H2,1-2H3,(H,21,22)/t13-,14+/m1/s1. The number of hydrogen-bond acceptors (Lipinski definition) is 5. The highest BCUT2D eigenvalue weighted by Gasteiger charge is 2.36. The molecule has 0 spiro atoms. The number of ether oxygens (including phenoxy) is 2. The van der Waals surface area contributed by atoms with Crippen molar-refractivity contribution < 1.29 is 24.2 Å². The number of rotatable bonds is 4. The third-order valence-corrected chi connectivity index (χ3v) is 4.87. The van der Waals surface area contributed by atoms with Crippen LogP contribution in [-0.2, 0) is 9.53 Å². The first-order chi connectivity index (χ1) is 12.0. The van der Waals surface area contributed by atoms with Crippen molar-refractivity contribution in [3.63, 3.8) is 0 Å². The molecule has 0 aliphatic carbocycles. The normalized spacial score (nSPS) is 23.8. The monoisotopic (exact) mass is 348 g/mol. The minimum atomic E-state index is -0.851. The molecule has 2 heterocycles. The molecule has 7 nitrogen and oxygen atoms in total. The van der Waals surface area contributed by atoms with E-state index in [1.807, 2.05) is 22.8 Å². The van der Waals surface area contributed by atoms with E-state index in [2.05, 4.69) is 0 Å². The Morgan fingerprint density at radius 2 is 2.08 bits per heavy atom. The van der Waals surface area contributed by atoms with Crippen LogP contribution in [-0.4, -0.2) is 79.3 Å². The maximum atomic E-state index is 13.0. The highest BCUT2D eigenvalue weighted by molar-refractivity contribution is 5.96. The summed E-state index contributed by atoms with van der Waals surface area (Å²) in [5.41, 5.74) is 1.53. The number of methoxy groups -OCH3 is 1. The van der Waals surface area contributed by atoms with Gasteiger partial charge in [0.05, 0.1) is 32.9 Å². The molecule has 2 aliphatic heterocycles. The zero-order valence-electron chi connectivity index (χ0n) is 14.6. The van der Waals surface area contributed by atoms with Crippen LogP contribution in [0.1, 0.15) is 15.9 Å². The fourth-order valence-corrected chi connectivity index (χ4v) is 3.64. The number of hydrogen-bond donors (Lipinski definition) is 1. The highest BCUT2D eigenvalue weighted by Crippen LogP contribution is 2.23. The van der Waals surface area contributed by atoms with Crippen LogP contribution in [0.2, 0.25) is 0 Å². The molecule has 1 aromatic carbocycles. The summed E-state index contributed by atoms with van der Waals surface area (Å²) in [7, 11) is 1.60. The van der Waals surface area contributed by atoms with Gasteiger partial charge >= 0.3 is 5.97 Å². The Labute approximate surface area is 147 Å². The Kier molecular flexibility index (Phi) is 5.24. The minimum absolute atomic E-state index is 0.0192. The van der Waals surface area contributed by atoms with E-state index in [9.17, 15) is 9.59 Å². The molecule has 2 aliphatic rings. The number of carboxylic acids is 1. The van der Waals surface area contributed by atoms with Gasteiger partial charge in [0.15, 0.2) is 0 Å². The van der Waals surface area contributed by atoms with Crippen LogP contribution in [0.4, 0.5) is 0 Å². The lowest BCUT2D eigenvalue weighted by Crippen LogP contribution is -2.47. The largest absolute Gasteiger partial charge is 0.497 e. The molecule has 1 amide bonds. The van der Waals surface area contributed by atoms with Crippen molar-refractivity contribution in [2.45, 2.75) is 13.0 Å². The number of aliphatic carboxylic acids is 1. The van der Waals surface area contributed by atoms with Gasteiger partial charge in [0.25, 0.3) is 5.91 Å². The zero-order valence-corrected chi connectivity index (χ0v) is 14.6. The average Bonchev–Trinajstić information content (AvgIpc) is 2.83. The van der Waals surface area contributed by atoms with Crippen LogP contribution in [0, 0.1) is 12.8 Å².